The van der Waals surface area contributed by atoms with Crippen LogP contribution in [-0.4, -0.2) is 36.1 Å². The maximum absolute atomic E-state index is 11.6. The Bertz CT molecular complexity index is 295. The van der Waals surface area contributed by atoms with E-state index in [0.29, 0.717) is 6.67 Å². The second-order valence-corrected chi connectivity index (χ2v) is 5.77. The third-order valence-corrected chi connectivity index (χ3v) is 4.18. The average molecular weight is 204 g/mol. The Labute approximate surface area is 79.9 Å². The Morgan fingerprint density at radius 3 is 2.38 bits per heavy atom. The normalized spacial score (nSPS) is 17.5. The van der Waals surface area contributed by atoms with Gasteiger partial charge in [-0.25, -0.2) is 8.42 Å². The molecule has 0 saturated carbocycles. The molecular formula is C8H16N2O2S. The molecule has 4 nitrogen and oxygen atoms in total. The van der Waals surface area contributed by atoms with Gasteiger partial charge in [-0.3, -0.25) is 4.31 Å². The maximum Gasteiger partial charge on any atom is 0.238 e. The lowest BCUT2D eigenvalue weighted by molar-refractivity contribution is 0.345. The first-order valence-corrected chi connectivity index (χ1v) is 5.92. The van der Waals surface area contributed by atoms with Gasteiger partial charge in [0.15, 0.2) is 0 Å². The van der Waals surface area contributed by atoms with Crippen LogP contribution >= 0.6 is 0 Å². The molecule has 0 bridgehead atoms. The van der Waals surface area contributed by atoms with Crippen LogP contribution in [0, 0.1) is 0 Å². The number of nitrogens with zero attached hydrogens (tertiary/aromatic N) is 2. The van der Waals surface area contributed by atoms with Crippen LogP contribution in [0.1, 0.15) is 20.8 Å². The first-order chi connectivity index (χ1) is 5.98. The van der Waals surface area contributed by atoms with Crippen molar-refractivity contribution in [1.29, 1.82) is 0 Å². The lowest BCUT2D eigenvalue weighted by Crippen LogP contribution is -2.34. The molecular weight excluding hydrogens is 188 g/mol. The molecule has 5 heteroatoms. The van der Waals surface area contributed by atoms with Gasteiger partial charge in [0.1, 0.15) is 6.67 Å². The van der Waals surface area contributed by atoms with Crippen molar-refractivity contribution in [2.45, 2.75) is 26.0 Å². The predicted octanol–water partition coefficient (Wildman–Crippen LogP) is 0.791. The highest BCUT2D eigenvalue weighted by molar-refractivity contribution is 7.89. The van der Waals surface area contributed by atoms with Crippen LogP contribution in [0.15, 0.2) is 12.4 Å². The number of hydrogen-bond donors (Lipinski definition) is 0. The predicted molar refractivity (Wildman–Crippen MR) is 52.3 cm³/mol. The smallest absolute Gasteiger partial charge is 0.238 e. The maximum atomic E-state index is 11.6. The average Bonchev–Trinajstić information content (AvgIpc) is 2.51. The lowest BCUT2D eigenvalue weighted by Gasteiger charge is -2.21. The van der Waals surface area contributed by atoms with Gasteiger partial charge in [-0.15, -0.1) is 0 Å². The largest absolute Gasteiger partial charge is 0.358 e. The molecule has 0 fully saturated rings. The van der Waals surface area contributed by atoms with Crippen LogP contribution in [0.3, 0.4) is 0 Å². The summed E-state index contributed by atoms with van der Waals surface area (Å²) >= 11 is 0. The number of hydrogen-bond acceptors (Lipinski definition) is 3. The fourth-order valence-electron chi connectivity index (χ4n) is 1.08. The van der Waals surface area contributed by atoms with Crippen LogP contribution < -0.4 is 0 Å². The van der Waals surface area contributed by atoms with Gasteiger partial charge < -0.3 is 4.90 Å². The molecule has 0 aliphatic carbocycles. The van der Waals surface area contributed by atoms with E-state index in [4.69, 9.17) is 0 Å². The molecule has 0 unspecified atom stereocenters. The summed E-state index contributed by atoms with van der Waals surface area (Å²) in [6.07, 6.45) is 3.43. The summed E-state index contributed by atoms with van der Waals surface area (Å²) in [7, 11) is -3.11. The van der Waals surface area contributed by atoms with Crippen LogP contribution in [0.2, 0.25) is 0 Å². The van der Waals surface area contributed by atoms with E-state index in [0.717, 1.165) is 6.54 Å². The van der Waals surface area contributed by atoms with Crippen molar-refractivity contribution in [3.05, 3.63) is 12.4 Å². The van der Waals surface area contributed by atoms with E-state index in [1.54, 1.807) is 26.2 Å². The molecule has 1 heterocycles. The summed E-state index contributed by atoms with van der Waals surface area (Å²) < 4.78 is 24.7. The van der Waals surface area contributed by atoms with Crippen molar-refractivity contribution in [2.24, 2.45) is 0 Å². The summed E-state index contributed by atoms with van der Waals surface area (Å²) in [5.74, 6) is 0. The zero-order chi connectivity index (χ0) is 10.1. The van der Waals surface area contributed by atoms with Crippen molar-refractivity contribution in [3.63, 3.8) is 0 Å². The summed E-state index contributed by atoms with van der Waals surface area (Å²) in [6.45, 7) is 6.67. The molecule has 0 radical (unpaired) electrons. The fraction of sp³-hybridized carbons (Fsp3) is 0.750. The van der Waals surface area contributed by atoms with Gasteiger partial charge in [0.25, 0.3) is 0 Å². The quantitative estimate of drug-likeness (QED) is 0.682. The molecule has 1 rings (SSSR count). The van der Waals surface area contributed by atoms with Gasteiger partial charge in [-0.2, -0.15) is 0 Å². The van der Waals surface area contributed by atoms with E-state index in [2.05, 4.69) is 0 Å². The molecule has 0 amide bonds. The minimum atomic E-state index is -3.11. The second-order valence-electron chi connectivity index (χ2n) is 3.33. The molecule has 76 valence electrons. The Morgan fingerprint density at radius 2 is 2.00 bits per heavy atom. The first kappa shape index (κ1) is 10.4. The first-order valence-electron chi connectivity index (χ1n) is 4.41. The summed E-state index contributed by atoms with van der Waals surface area (Å²) in [4.78, 5) is 1.94. The van der Waals surface area contributed by atoms with Crippen molar-refractivity contribution >= 4 is 10.0 Å². The van der Waals surface area contributed by atoms with E-state index < -0.39 is 10.0 Å². The Kier molecular flexibility index (Phi) is 2.85. The zero-order valence-corrected chi connectivity index (χ0v) is 9.08. The van der Waals surface area contributed by atoms with E-state index in [-0.39, 0.29) is 5.25 Å². The molecule has 1 aliphatic heterocycles. The molecule has 0 aromatic heterocycles. The fourth-order valence-corrected chi connectivity index (χ4v) is 2.16. The van der Waals surface area contributed by atoms with Crippen LogP contribution in [0.4, 0.5) is 0 Å². The third-order valence-electron chi connectivity index (χ3n) is 2.09. The third kappa shape index (κ3) is 1.96. The monoisotopic (exact) mass is 204 g/mol. The van der Waals surface area contributed by atoms with Gasteiger partial charge in [0, 0.05) is 18.9 Å². The summed E-state index contributed by atoms with van der Waals surface area (Å²) in [5.41, 5.74) is 0. The van der Waals surface area contributed by atoms with E-state index in [1.165, 1.54) is 4.31 Å². The van der Waals surface area contributed by atoms with Crippen molar-refractivity contribution in [1.82, 2.24) is 9.21 Å². The minimum Gasteiger partial charge on any atom is -0.358 e. The van der Waals surface area contributed by atoms with E-state index >= 15 is 0 Å². The number of rotatable bonds is 3. The van der Waals surface area contributed by atoms with Crippen LogP contribution in [-0.2, 0) is 10.0 Å². The van der Waals surface area contributed by atoms with Crippen molar-refractivity contribution < 1.29 is 8.42 Å². The van der Waals surface area contributed by atoms with Gasteiger partial charge in [-0.05, 0) is 20.8 Å². The minimum absolute atomic E-state index is 0.353. The standard InChI is InChI=1S/C8H16N2O2S/c1-4-9-5-6-10(7-9)13(11,12)8(2)3/h5-6,8H,4,7H2,1-3H3. The van der Waals surface area contributed by atoms with Crippen molar-refractivity contribution in [3.8, 4) is 0 Å². The van der Waals surface area contributed by atoms with Gasteiger partial charge in [-0.1, -0.05) is 0 Å². The van der Waals surface area contributed by atoms with Crippen LogP contribution in [0.5, 0.6) is 0 Å². The molecule has 0 aromatic carbocycles. The van der Waals surface area contributed by atoms with Gasteiger partial charge >= 0.3 is 0 Å². The second kappa shape index (κ2) is 3.57. The number of sulfonamides is 1. The Morgan fingerprint density at radius 1 is 1.38 bits per heavy atom. The highest BCUT2D eigenvalue weighted by Crippen LogP contribution is 2.15. The molecule has 1 aliphatic rings. The summed E-state index contributed by atoms with van der Waals surface area (Å²) in [6, 6.07) is 0. The highest BCUT2D eigenvalue weighted by atomic mass is 32.2. The van der Waals surface area contributed by atoms with Crippen LogP contribution in [0.25, 0.3) is 0 Å². The summed E-state index contributed by atoms with van der Waals surface area (Å²) in [5, 5.41) is -0.353. The molecule has 0 aromatic rings. The molecule has 0 N–H and O–H groups in total. The van der Waals surface area contributed by atoms with Crippen molar-refractivity contribution in [2.75, 3.05) is 13.2 Å². The van der Waals surface area contributed by atoms with E-state index in [9.17, 15) is 8.42 Å². The van der Waals surface area contributed by atoms with Gasteiger partial charge in [0.05, 0.1) is 5.25 Å². The van der Waals surface area contributed by atoms with E-state index in [1.807, 2.05) is 11.8 Å². The van der Waals surface area contributed by atoms with Gasteiger partial charge in [0.2, 0.25) is 10.0 Å². The zero-order valence-electron chi connectivity index (χ0n) is 8.27. The lowest BCUT2D eigenvalue weighted by atomic mass is 10.6. The highest BCUT2D eigenvalue weighted by Gasteiger charge is 2.26. The molecule has 13 heavy (non-hydrogen) atoms. The Hall–Kier alpha value is -0.710. The molecule has 0 spiro atoms. The SMILES string of the molecule is CCN1C=CN(S(=O)(=O)C(C)C)C1. The topological polar surface area (TPSA) is 40.6 Å². The Balaban J connectivity index is 2.73. The molecule has 0 atom stereocenters. The molecule has 0 saturated heterocycles.